The summed E-state index contributed by atoms with van der Waals surface area (Å²) in [7, 11) is 1.56. The van der Waals surface area contributed by atoms with Crippen LogP contribution in [0.3, 0.4) is 0 Å². The summed E-state index contributed by atoms with van der Waals surface area (Å²) >= 11 is 0. The number of methoxy groups -OCH3 is 1. The minimum Gasteiger partial charge on any atom is -0.497 e. The zero-order valence-corrected chi connectivity index (χ0v) is 21.4. The van der Waals surface area contributed by atoms with Crippen molar-refractivity contribution in [2.24, 2.45) is 11.3 Å². The topological polar surface area (TPSA) is 68.7 Å². The van der Waals surface area contributed by atoms with Crippen LogP contribution in [-0.4, -0.2) is 23.2 Å². The molecular weight excluding hydrogens is 457 g/mol. The van der Waals surface area contributed by atoms with Crippen molar-refractivity contribution in [1.29, 1.82) is 0 Å². The standard InChI is InChI=1S/C30H34FNO4/c1-30(2,3)16-22-12-19(17-32-29(22)26-14-23(35-4)10-11-27(26)31)18-36-24-7-5-6-21(13-24)25(15-28(33)34)20-8-9-20/h5-7,10-14,17,20,25H,8-9,15-16,18H2,1-4H3,(H,33,34). The molecule has 4 rings (SSSR count). The highest BCUT2D eigenvalue weighted by molar-refractivity contribution is 5.68. The van der Waals surface area contributed by atoms with E-state index in [2.05, 4.69) is 25.8 Å². The molecule has 1 N–H and O–H groups in total. The average molecular weight is 492 g/mol. The number of halogens is 1. The molecule has 0 aliphatic heterocycles. The molecule has 0 amide bonds. The molecule has 190 valence electrons. The molecule has 5 nitrogen and oxygen atoms in total. The number of hydrogen-bond donors (Lipinski definition) is 1. The van der Waals surface area contributed by atoms with E-state index in [-0.39, 0.29) is 23.6 Å². The maximum absolute atomic E-state index is 14.8. The highest BCUT2D eigenvalue weighted by Gasteiger charge is 2.33. The smallest absolute Gasteiger partial charge is 0.303 e. The fraction of sp³-hybridized carbons (Fsp3) is 0.400. The Balaban J connectivity index is 1.57. The third-order valence-corrected chi connectivity index (χ3v) is 6.45. The van der Waals surface area contributed by atoms with Gasteiger partial charge in [-0.15, -0.1) is 0 Å². The minimum atomic E-state index is -0.775. The maximum Gasteiger partial charge on any atom is 0.303 e. The first-order valence-electron chi connectivity index (χ1n) is 12.4. The molecule has 1 atom stereocenters. The van der Waals surface area contributed by atoms with Gasteiger partial charge in [-0.2, -0.15) is 0 Å². The molecule has 0 saturated heterocycles. The van der Waals surface area contributed by atoms with Gasteiger partial charge in [-0.1, -0.05) is 32.9 Å². The number of ether oxygens (including phenoxy) is 2. The summed E-state index contributed by atoms with van der Waals surface area (Å²) in [4.78, 5) is 16.0. The normalized spacial score (nSPS) is 14.4. The molecule has 6 heteroatoms. The van der Waals surface area contributed by atoms with Crippen molar-refractivity contribution in [3.8, 4) is 22.8 Å². The van der Waals surface area contributed by atoms with Gasteiger partial charge in [-0.3, -0.25) is 9.78 Å². The number of pyridine rings is 1. The summed E-state index contributed by atoms with van der Waals surface area (Å²) in [6.07, 6.45) is 4.72. The van der Waals surface area contributed by atoms with Crippen molar-refractivity contribution in [3.63, 3.8) is 0 Å². The van der Waals surface area contributed by atoms with Crippen molar-refractivity contribution in [2.45, 2.75) is 59.0 Å². The fourth-order valence-electron chi connectivity index (χ4n) is 4.65. The van der Waals surface area contributed by atoms with Gasteiger partial charge in [0.25, 0.3) is 0 Å². The first-order valence-corrected chi connectivity index (χ1v) is 12.4. The van der Waals surface area contributed by atoms with E-state index in [4.69, 9.17) is 9.47 Å². The van der Waals surface area contributed by atoms with Gasteiger partial charge < -0.3 is 14.6 Å². The SMILES string of the molecule is COc1ccc(F)c(-c2ncc(COc3cccc(C(CC(=O)O)C4CC4)c3)cc2CC(C)(C)C)c1. The van der Waals surface area contributed by atoms with Crippen molar-refractivity contribution < 1.29 is 23.8 Å². The summed E-state index contributed by atoms with van der Waals surface area (Å²) in [5, 5.41) is 9.33. The van der Waals surface area contributed by atoms with Crippen LogP contribution in [0.4, 0.5) is 4.39 Å². The first kappa shape index (κ1) is 25.7. The second-order valence-electron chi connectivity index (χ2n) is 10.8. The van der Waals surface area contributed by atoms with Gasteiger partial charge in [-0.05, 0) is 84.0 Å². The Kier molecular flexibility index (Phi) is 7.62. The van der Waals surface area contributed by atoms with Crippen LogP contribution < -0.4 is 9.47 Å². The minimum absolute atomic E-state index is 0.0168. The van der Waals surface area contributed by atoms with Gasteiger partial charge in [0.1, 0.15) is 23.9 Å². The van der Waals surface area contributed by atoms with E-state index in [1.807, 2.05) is 30.3 Å². The quantitative estimate of drug-likeness (QED) is 0.330. The molecule has 0 spiro atoms. The molecule has 0 radical (unpaired) electrons. The molecule has 2 aromatic carbocycles. The lowest BCUT2D eigenvalue weighted by Crippen LogP contribution is -2.12. The Hall–Kier alpha value is -3.41. The molecule has 1 fully saturated rings. The summed E-state index contributed by atoms with van der Waals surface area (Å²) in [6.45, 7) is 6.73. The number of benzene rings is 2. The van der Waals surface area contributed by atoms with Crippen molar-refractivity contribution in [3.05, 3.63) is 77.2 Å². The van der Waals surface area contributed by atoms with E-state index in [1.165, 1.54) is 6.07 Å². The third-order valence-electron chi connectivity index (χ3n) is 6.45. The van der Waals surface area contributed by atoms with Gasteiger partial charge in [0, 0.05) is 17.3 Å². The largest absolute Gasteiger partial charge is 0.497 e. The zero-order valence-electron chi connectivity index (χ0n) is 21.4. The van der Waals surface area contributed by atoms with E-state index in [0.717, 1.165) is 29.5 Å². The van der Waals surface area contributed by atoms with Crippen molar-refractivity contribution >= 4 is 5.97 Å². The van der Waals surface area contributed by atoms with E-state index >= 15 is 0 Å². The summed E-state index contributed by atoms with van der Waals surface area (Å²) < 4.78 is 26.2. The van der Waals surface area contributed by atoms with Crippen LogP contribution in [0.2, 0.25) is 0 Å². The molecule has 1 aromatic heterocycles. The predicted molar refractivity (Wildman–Crippen MR) is 138 cm³/mol. The van der Waals surface area contributed by atoms with Crippen LogP contribution in [0, 0.1) is 17.2 Å². The maximum atomic E-state index is 14.8. The molecule has 36 heavy (non-hydrogen) atoms. The third kappa shape index (κ3) is 6.62. The number of nitrogens with zero attached hydrogens (tertiary/aromatic N) is 1. The summed E-state index contributed by atoms with van der Waals surface area (Å²) in [5.74, 6) is 0.612. The lowest BCUT2D eigenvalue weighted by Gasteiger charge is -2.21. The number of carboxylic acids is 1. The number of carbonyl (C=O) groups is 1. The van der Waals surface area contributed by atoms with E-state index < -0.39 is 5.97 Å². The van der Waals surface area contributed by atoms with Gasteiger partial charge in [0.05, 0.1) is 19.2 Å². The Morgan fingerprint density at radius 3 is 2.58 bits per heavy atom. The van der Waals surface area contributed by atoms with Crippen LogP contribution in [0.1, 0.15) is 62.6 Å². The van der Waals surface area contributed by atoms with Gasteiger partial charge >= 0.3 is 5.97 Å². The number of carboxylic acid groups (broad SMARTS) is 1. The predicted octanol–water partition coefficient (Wildman–Crippen LogP) is 7.03. The van der Waals surface area contributed by atoms with Gasteiger partial charge in [0.15, 0.2) is 0 Å². The highest BCUT2D eigenvalue weighted by Crippen LogP contribution is 2.45. The average Bonchev–Trinajstić information content (AvgIpc) is 3.66. The van der Waals surface area contributed by atoms with Crippen LogP contribution >= 0.6 is 0 Å². The second kappa shape index (κ2) is 10.7. The first-order chi connectivity index (χ1) is 17.1. The monoisotopic (exact) mass is 491 g/mol. The van der Waals surface area contributed by atoms with E-state index in [9.17, 15) is 14.3 Å². The lowest BCUT2D eigenvalue weighted by atomic mass is 9.86. The van der Waals surface area contributed by atoms with Gasteiger partial charge in [0.2, 0.25) is 0 Å². The molecule has 0 bridgehead atoms. The summed E-state index contributed by atoms with van der Waals surface area (Å²) in [5.41, 5.74) is 3.83. The van der Waals surface area contributed by atoms with Crippen LogP contribution in [0.5, 0.6) is 11.5 Å². The Morgan fingerprint density at radius 2 is 1.92 bits per heavy atom. The molecule has 1 heterocycles. The zero-order chi connectivity index (χ0) is 25.9. The number of aromatic nitrogens is 1. The Bertz CT molecular complexity index is 1230. The molecular formula is C30H34FNO4. The molecule has 1 saturated carbocycles. The number of aliphatic carboxylic acids is 1. The molecule has 1 unspecified atom stereocenters. The van der Waals surface area contributed by atoms with Crippen LogP contribution in [0.25, 0.3) is 11.3 Å². The highest BCUT2D eigenvalue weighted by atomic mass is 19.1. The van der Waals surface area contributed by atoms with E-state index in [0.29, 0.717) is 41.7 Å². The Labute approximate surface area is 212 Å². The summed E-state index contributed by atoms with van der Waals surface area (Å²) in [6, 6.07) is 14.5. The van der Waals surface area contributed by atoms with Crippen molar-refractivity contribution in [1.82, 2.24) is 4.98 Å². The van der Waals surface area contributed by atoms with Crippen molar-refractivity contribution in [2.75, 3.05) is 7.11 Å². The number of rotatable bonds is 10. The van der Waals surface area contributed by atoms with Crippen LogP contribution in [0.15, 0.2) is 54.7 Å². The molecule has 1 aliphatic rings. The van der Waals surface area contributed by atoms with Crippen LogP contribution in [-0.2, 0) is 17.8 Å². The van der Waals surface area contributed by atoms with E-state index in [1.54, 1.807) is 25.4 Å². The Morgan fingerprint density at radius 1 is 1.14 bits per heavy atom. The lowest BCUT2D eigenvalue weighted by molar-refractivity contribution is -0.137. The number of hydrogen-bond acceptors (Lipinski definition) is 4. The fourth-order valence-corrected chi connectivity index (χ4v) is 4.65. The molecule has 1 aliphatic carbocycles. The van der Waals surface area contributed by atoms with Gasteiger partial charge in [-0.25, -0.2) is 4.39 Å². The molecule has 3 aromatic rings. The second-order valence-corrected chi connectivity index (χ2v) is 10.8.